The number of aryl methyl sites for hydroxylation is 1. The van der Waals surface area contributed by atoms with Crippen LogP contribution in [0.3, 0.4) is 0 Å². The Balaban J connectivity index is 1.95. The van der Waals surface area contributed by atoms with Gasteiger partial charge in [-0.2, -0.15) is 0 Å². The van der Waals surface area contributed by atoms with E-state index in [1.54, 1.807) is 0 Å². The van der Waals surface area contributed by atoms with Gasteiger partial charge in [-0.15, -0.1) is 10.2 Å². The van der Waals surface area contributed by atoms with Crippen LogP contribution in [0.2, 0.25) is 0 Å². The molecule has 5 nitrogen and oxygen atoms in total. The summed E-state index contributed by atoms with van der Waals surface area (Å²) in [5.74, 6) is 0.252. The Kier molecular flexibility index (Phi) is 3.94. The lowest BCUT2D eigenvalue weighted by Crippen LogP contribution is -2.23. The molecule has 19 heavy (non-hydrogen) atoms. The first kappa shape index (κ1) is 13.3. The second kappa shape index (κ2) is 5.65. The number of hydrogen-bond donors (Lipinski definition) is 1. The number of aromatic nitrogens is 2. The number of nitrogens with one attached hydrogen (secondary N) is 1. The molecule has 0 saturated heterocycles. The molecule has 2 aromatic rings. The number of benzene rings is 1. The van der Waals surface area contributed by atoms with Gasteiger partial charge in [0.05, 0.1) is 0 Å². The Labute approximate surface area is 112 Å². The normalized spacial score (nSPS) is 10.7. The lowest BCUT2D eigenvalue weighted by atomic mass is 10.1. The zero-order valence-corrected chi connectivity index (χ0v) is 11.3. The van der Waals surface area contributed by atoms with Gasteiger partial charge >= 0.3 is 11.8 Å². The Morgan fingerprint density at radius 3 is 2.53 bits per heavy atom. The van der Waals surface area contributed by atoms with E-state index >= 15 is 0 Å². The molecule has 0 fully saturated rings. The predicted molar refractivity (Wildman–Crippen MR) is 70.7 cm³/mol. The smallest absolute Gasteiger partial charge is 0.309 e. The van der Waals surface area contributed by atoms with E-state index in [1.807, 2.05) is 45.0 Å². The minimum atomic E-state index is -0.347. The van der Waals surface area contributed by atoms with Crippen LogP contribution in [0.25, 0.3) is 0 Å². The monoisotopic (exact) mass is 259 g/mol. The fourth-order valence-corrected chi connectivity index (χ4v) is 1.52. The maximum atomic E-state index is 11.8. The molecule has 0 bridgehead atoms. The largest absolute Gasteiger partial charge is 0.417 e. The molecule has 1 amide bonds. The number of amides is 1. The van der Waals surface area contributed by atoms with Crippen LogP contribution in [0.5, 0.6) is 0 Å². The molecule has 1 aromatic carbocycles. The number of carbonyl (C=O) groups is 1. The highest BCUT2D eigenvalue weighted by atomic mass is 16.4. The van der Waals surface area contributed by atoms with E-state index in [9.17, 15) is 4.79 Å². The summed E-state index contributed by atoms with van der Waals surface area (Å²) < 4.78 is 5.28. The SMILES string of the molecule is Cc1ccc(CNC(=O)c2nnc(C(C)C)o2)cc1. The van der Waals surface area contributed by atoms with Crippen LogP contribution >= 0.6 is 0 Å². The zero-order chi connectivity index (χ0) is 13.8. The van der Waals surface area contributed by atoms with E-state index in [1.165, 1.54) is 5.56 Å². The highest BCUT2D eigenvalue weighted by molar-refractivity contribution is 5.89. The molecule has 0 spiro atoms. The van der Waals surface area contributed by atoms with Crippen molar-refractivity contribution in [1.29, 1.82) is 0 Å². The van der Waals surface area contributed by atoms with Gasteiger partial charge in [0.1, 0.15) is 0 Å². The highest BCUT2D eigenvalue weighted by Crippen LogP contribution is 2.11. The zero-order valence-electron chi connectivity index (χ0n) is 11.3. The van der Waals surface area contributed by atoms with Gasteiger partial charge in [0, 0.05) is 12.5 Å². The summed E-state index contributed by atoms with van der Waals surface area (Å²) in [5.41, 5.74) is 2.22. The fraction of sp³-hybridized carbons (Fsp3) is 0.357. The van der Waals surface area contributed by atoms with Crippen LogP contribution in [0.15, 0.2) is 28.7 Å². The summed E-state index contributed by atoms with van der Waals surface area (Å²) in [6, 6.07) is 7.96. The molecule has 0 aliphatic carbocycles. The summed E-state index contributed by atoms with van der Waals surface area (Å²) in [4.78, 5) is 11.8. The second-order valence-electron chi connectivity index (χ2n) is 4.77. The summed E-state index contributed by atoms with van der Waals surface area (Å²) in [6.07, 6.45) is 0. The van der Waals surface area contributed by atoms with Crippen molar-refractivity contribution in [1.82, 2.24) is 15.5 Å². The van der Waals surface area contributed by atoms with Gasteiger partial charge in [0.15, 0.2) is 0 Å². The Bertz CT molecular complexity index is 558. The number of rotatable bonds is 4. The molecule has 1 aromatic heterocycles. The van der Waals surface area contributed by atoms with E-state index < -0.39 is 0 Å². The minimum absolute atomic E-state index is 0.0100. The van der Waals surface area contributed by atoms with Gasteiger partial charge in [0.25, 0.3) is 0 Å². The molecule has 0 aliphatic rings. The summed E-state index contributed by atoms with van der Waals surface area (Å²) in [7, 11) is 0. The van der Waals surface area contributed by atoms with E-state index in [-0.39, 0.29) is 17.7 Å². The Hall–Kier alpha value is -2.17. The lowest BCUT2D eigenvalue weighted by molar-refractivity contribution is 0.0914. The maximum absolute atomic E-state index is 11.8. The van der Waals surface area contributed by atoms with Gasteiger partial charge < -0.3 is 9.73 Å². The quantitative estimate of drug-likeness (QED) is 0.915. The first-order chi connectivity index (χ1) is 9.06. The number of hydrogen-bond acceptors (Lipinski definition) is 4. The molecule has 0 aliphatic heterocycles. The topological polar surface area (TPSA) is 68.0 Å². The van der Waals surface area contributed by atoms with E-state index in [0.29, 0.717) is 12.4 Å². The van der Waals surface area contributed by atoms with Crippen molar-refractivity contribution in [3.63, 3.8) is 0 Å². The van der Waals surface area contributed by atoms with Crippen molar-refractivity contribution in [2.75, 3.05) is 0 Å². The van der Waals surface area contributed by atoms with Crippen molar-refractivity contribution in [3.05, 3.63) is 47.2 Å². The predicted octanol–water partition coefficient (Wildman–Crippen LogP) is 2.43. The highest BCUT2D eigenvalue weighted by Gasteiger charge is 2.15. The third kappa shape index (κ3) is 3.40. The molecular formula is C14H17N3O2. The van der Waals surface area contributed by atoms with Gasteiger partial charge in [-0.3, -0.25) is 4.79 Å². The van der Waals surface area contributed by atoms with Crippen molar-refractivity contribution in [2.45, 2.75) is 33.2 Å². The third-order valence-corrected chi connectivity index (χ3v) is 2.70. The van der Waals surface area contributed by atoms with Gasteiger partial charge in [-0.05, 0) is 12.5 Å². The van der Waals surface area contributed by atoms with Crippen LogP contribution in [-0.4, -0.2) is 16.1 Å². The molecule has 100 valence electrons. The van der Waals surface area contributed by atoms with Gasteiger partial charge in [-0.25, -0.2) is 0 Å². The molecule has 0 unspecified atom stereocenters. The molecule has 0 atom stereocenters. The minimum Gasteiger partial charge on any atom is -0.417 e. The van der Waals surface area contributed by atoms with Crippen LogP contribution in [0.1, 0.15) is 47.5 Å². The fourth-order valence-electron chi connectivity index (χ4n) is 1.52. The molecule has 0 saturated carbocycles. The maximum Gasteiger partial charge on any atom is 0.309 e. The molecule has 2 rings (SSSR count). The molecule has 1 heterocycles. The molecule has 0 radical (unpaired) electrons. The number of carbonyl (C=O) groups excluding carboxylic acids is 1. The van der Waals surface area contributed by atoms with E-state index in [0.717, 1.165) is 5.56 Å². The van der Waals surface area contributed by atoms with Crippen LogP contribution in [-0.2, 0) is 6.54 Å². The van der Waals surface area contributed by atoms with Crippen LogP contribution in [0, 0.1) is 6.92 Å². The lowest BCUT2D eigenvalue weighted by Gasteiger charge is -2.03. The van der Waals surface area contributed by atoms with Crippen molar-refractivity contribution < 1.29 is 9.21 Å². The Morgan fingerprint density at radius 2 is 1.95 bits per heavy atom. The average Bonchev–Trinajstić information content (AvgIpc) is 2.87. The van der Waals surface area contributed by atoms with Crippen LogP contribution < -0.4 is 5.32 Å². The average molecular weight is 259 g/mol. The van der Waals surface area contributed by atoms with Crippen molar-refractivity contribution >= 4 is 5.91 Å². The summed E-state index contributed by atoms with van der Waals surface area (Å²) >= 11 is 0. The summed E-state index contributed by atoms with van der Waals surface area (Å²) in [5, 5.41) is 10.3. The first-order valence-electron chi connectivity index (χ1n) is 6.23. The second-order valence-corrected chi connectivity index (χ2v) is 4.77. The van der Waals surface area contributed by atoms with Crippen molar-refractivity contribution in [3.8, 4) is 0 Å². The molecular weight excluding hydrogens is 242 g/mol. The van der Waals surface area contributed by atoms with E-state index in [2.05, 4.69) is 15.5 Å². The standard InChI is InChI=1S/C14H17N3O2/c1-9(2)13-16-17-14(19-13)12(18)15-8-11-6-4-10(3)5-7-11/h4-7,9H,8H2,1-3H3,(H,15,18). The Morgan fingerprint density at radius 1 is 1.26 bits per heavy atom. The first-order valence-corrected chi connectivity index (χ1v) is 6.23. The van der Waals surface area contributed by atoms with Crippen molar-refractivity contribution in [2.24, 2.45) is 0 Å². The van der Waals surface area contributed by atoms with E-state index in [4.69, 9.17) is 4.42 Å². The van der Waals surface area contributed by atoms with Crippen LogP contribution in [0.4, 0.5) is 0 Å². The van der Waals surface area contributed by atoms with Gasteiger partial charge in [0.2, 0.25) is 5.89 Å². The third-order valence-electron chi connectivity index (χ3n) is 2.70. The molecule has 1 N–H and O–H groups in total. The molecule has 5 heteroatoms. The summed E-state index contributed by atoms with van der Waals surface area (Å²) in [6.45, 7) is 6.33. The van der Waals surface area contributed by atoms with Gasteiger partial charge in [-0.1, -0.05) is 43.7 Å². The number of nitrogens with zero attached hydrogens (tertiary/aromatic N) is 2.